The average molecular weight is 295 g/mol. The molecule has 0 amide bonds. The second-order valence-corrected chi connectivity index (χ2v) is 5.69. The summed E-state index contributed by atoms with van der Waals surface area (Å²) in [5.41, 5.74) is 1.40. The van der Waals surface area contributed by atoms with Gasteiger partial charge in [-0.05, 0) is 23.8 Å². The zero-order valence-electron chi connectivity index (χ0n) is 12.9. The molecule has 1 radical (unpaired) electrons. The van der Waals surface area contributed by atoms with Crippen LogP contribution < -0.4 is 4.74 Å². The van der Waals surface area contributed by atoms with Gasteiger partial charge in [0.2, 0.25) is 0 Å². The van der Waals surface area contributed by atoms with Crippen LogP contribution in [0.15, 0.2) is 54.6 Å². The maximum atomic E-state index is 5.76. The van der Waals surface area contributed by atoms with Gasteiger partial charge >= 0.3 is 0 Å². The average Bonchev–Trinajstić information content (AvgIpc) is 2.58. The molecule has 0 unspecified atom stereocenters. The molecule has 0 aliphatic carbocycles. The van der Waals surface area contributed by atoms with Gasteiger partial charge in [0.1, 0.15) is 12.4 Å². The second-order valence-electron chi connectivity index (χ2n) is 5.69. The van der Waals surface area contributed by atoms with Gasteiger partial charge in [-0.25, -0.2) is 0 Å². The Kier molecular flexibility index (Phi) is 5.46. The first kappa shape index (κ1) is 15.1. The van der Waals surface area contributed by atoms with Gasteiger partial charge in [-0.2, -0.15) is 0 Å². The molecule has 1 aliphatic rings. The third-order valence-corrected chi connectivity index (χ3v) is 4.08. The number of hydrogen-bond acceptors (Lipinski definition) is 3. The summed E-state index contributed by atoms with van der Waals surface area (Å²) < 4.78 is 5.76. The quantitative estimate of drug-likeness (QED) is 0.815. The highest BCUT2D eigenvalue weighted by molar-refractivity contribution is 5.20. The van der Waals surface area contributed by atoms with Gasteiger partial charge < -0.3 is 4.74 Å². The van der Waals surface area contributed by atoms with Crippen molar-refractivity contribution in [2.75, 3.05) is 39.3 Å². The fourth-order valence-corrected chi connectivity index (χ4v) is 2.77. The summed E-state index contributed by atoms with van der Waals surface area (Å²) in [5.74, 6) is 0.932. The van der Waals surface area contributed by atoms with Crippen molar-refractivity contribution in [2.45, 2.75) is 6.54 Å². The van der Waals surface area contributed by atoms with Crippen LogP contribution in [-0.2, 0) is 6.54 Å². The summed E-state index contributed by atoms with van der Waals surface area (Å²) in [5, 5.41) is 0. The highest BCUT2D eigenvalue weighted by atomic mass is 16.5. The third kappa shape index (κ3) is 4.58. The van der Waals surface area contributed by atoms with Crippen LogP contribution in [0.1, 0.15) is 5.56 Å². The van der Waals surface area contributed by atoms with Crippen molar-refractivity contribution in [3.63, 3.8) is 0 Å². The van der Waals surface area contributed by atoms with Crippen LogP contribution in [0.25, 0.3) is 0 Å². The molecule has 0 saturated carbocycles. The molecule has 3 nitrogen and oxygen atoms in total. The van der Waals surface area contributed by atoms with Crippen molar-refractivity contribution in [2.24, 2.45) is 0 Å². The third-order valence-electron chi connectivity index (χ3n) is 4.08. The normalized spacial score (nSPS) is 16.5. The van der Waals surface area contributed by atoms with E-state index in [1.807, 2.05) is 24.3 Å². The Bertz CT molecular complexity index is 536. The topological polar surface area (TPSA) is 15.7 Å². The highest BCUT2D eigenvalue weighted by Gasteiger charge is 2.16. The van der Waals surface area contributed by atoms with E-state index in [1.54, 1.807) is 0 Å². The van der Waals surface area contributed by atoms with Gasteiger partial charge in [0, 0.05) is 39.3 Å². The number of ether oxygens (including phenoxy) is 1. The van der Waals surface area contributed by atoms with Gasteiger partial charge in [0.05, 0.1) is 0 Å². The van der Waals surface area contributed by atoms with E-state index in [0.717, 1.165) is 51.6 Å². The first-order chi connectivity index (χ1) is 10.9. The summed E-state index contributed by atoms with van der Waals surface area (Å²) in [4.78, 5) is 5.01. The number of hydrogen-bond donors (Lipinski definition) is 0. The Balaban J connectivity index is 1.35. The van der Waals surface area contributed by atoms with Crippen molar-refractivity contribution in [3.05, 3.63) is 66.2 Å². The Morgan fingerprint density at radius 1 is 0.864 bits per heavy atom. The minimum absolute atomic E-state index is 0.753. The lowest BCUT2D eigenvalue weighted by molar-refractivity contribution is 0.112. The standard InChI is InChI=1S/C19H23N2O/c1-3-7-18(8-4-1)17-21-13-11-20(12-14-21)15-16-22-19-9-5-2-6-10-19/h1,3-10H,11-17H2. The van der Waals surface area contributed by atoms with Gasteiger partial charge in [-0.1, -0.05) is 42.5 Å². The summed E-state index contributed by atoms with van der Waals surface area (Å²) in [6, 6.07) is 21.4. The summed E-state index contributed by atoms with van der Waals surface area (Å²) in [6.07, 6.45) is 0. The Labute approximate surface area is 133 Å². The molecular weight excluding hydrogens is 272 g/mol. The molecule has 0 spiro atoms. The molecule has 1 aliphatic heterocycles. The van der Waals surface area contributed by atoms with Gasteiger partial charge in [-0.3, -0.25) is 9.80 Å². The first-order valence-corrected chi connectivity index (χ1v) is 7.98. The molecule has 0 N–H and O–H groups in total. The molecule has 115 valence electrons. The Hall–Kier alpha value is -1.84. The van der Waals surface area contributed by atoms with Crippen molar-refractivity contribution >= 4 is 0 Å². The van der Waals surface area contributed by atoms with Crippen molar-refractivity contribution in [3.8, 4) is 5.75 Å². The SMILES string of the molecule is [c]1ccc(OCCN2CCN(Cc3ccccc3)CC2)cc1. The fraction of sp³-hybridized carbons (Fsp3) is 0.368. The predicted octanol–water partition coefficient (Wildman–Crippen LogP) is 2.68. The molecule has 1 saturated heterocycles. The molecule has 3 rings (SSSR count). The molecule has 0 atom stereocenters. The Morgan fingerprint density at radius 3 is 2.27 bits per heavy atom. The minimum Gasteiger partial charge on any atom is -0.492 e. The number of rotatable bonds is 6. The molecule has 2 aromatic carbocycles. The lowest BCUT2D eigenvalue weighted by Gasteiger charge is -2.34. The van der Waals surface area contributed by atoms with Crippen LogP contribution >= 0.6 is 0 Å². The van der Waals surface area contributed by atoms with Gasteiger partial charge in [-0.15, -0.1) is 0 Å². The fourth-order valence-electron chi connectivity index (χ4n) is 2.77. The van der Waals surface area contributed by atoms with Crippen LogP contribution in [-0.4, -0.2) is 49.1 Å². The van der Waals surface area contributed by atoms with Gasteiger partial charge in [0.25, 0.3) is 0 Å². The maximum absolute atomic E-state index is 5.76. The van der Waals surface area contributed by atoms with E-state index in [2.05, 4.69) is 46.2 Å². The minimum atomic E-state index is 0.753. The zero-order chi connectivity index (χ0) is 15.0. The van der Waals surface area contributed by atoms with E-state index in [0.29, 0.717) is 0 Å². The van der Waals surface area contributed by atoms with E-state index in [4.69, 9.17) is 4.74 Å². The van der Waals surface area contributed by atoms with Crippen molar-refractivity contribution in [1.29, 1.82) is 0 Å². The Morgan fingerprint density at radius 2 is 1.55 bits per heavy atom. The van der Waals surface area contributed by atoms with Gasteiger partial charge in [0.15, 0.2) is 0 Å². The highest BCUT2D eigenvalue weighted by Crippen LogP contribution is 2.10. The molecule has 2 aromatic rings. The largest absolute Gasteiger partial charge is 0.492 e. The number of piperazine rings is 1. The van der Waals surface area contributed by atoms with E-state index in [-0.39, 0.29) is 0 Å². The van der Waals surface area contributed by atoms with E-state index in [1.165, 1.54) is 5.56 Å². The molecule has 22 heavy (non-hydrogen) atoms. The molecular formula is C19H23N2O. The van der Waals surface area contributed by atoms with E-state index in [9.17, 15) is 0 Å². The first-order valence-electron chi connectivity index (χ1n) is 7.98. The molecule has 0 bridgehead atoms. The van der Waals surface area contributed by atoms with Crippen LogP contribution in [0.4, 0.5) is 0 Å². The number of nitrogens with zero attached hydrogens (tertiary/aromatic N) is 2. The molecule has 3 heteroatoms. The molecule has 1 heterocycles. The summed E-state index contributed by atoms with van der Waals surface area (Å²) >= 11 is 0. The lowest BCUT2D eigenvalue weighted by atomic mass is 10.2. The smallest absolute Gasteiger partial charge is 0.119 e. The summed E-state index contributed by atoms with van der Waals surface area (Å²) in [7, 11) is 0. The zero-order valence-corrected chi connectivity index (χ0v) is 12.9. The predicted molar refractivity (Wildman–Crippen MR) is 88.9 cm³/mol. The molecule has 0 aromatic heterocycles. The summed E-state index contributed by atoms with van der Waals surface area (Å²) in [6.45, 7) is 7.33. The van der Waals surface area contributed by atoms with Crippen LogP contribution in [0.5, 0.6) is 5.75 Å². The number of benzene rings is 2. The maximum Gasteiger partial charge on any atom is 0.119 e. The van der Waals surface area contributed by atoms with Crippen LogP contribution in [0.2, 0.25) is 0 Å². The van der Waals surface area contributed by atoms with E-state index < -0.39 is 0 Å². The van der Waals surface area contributed by atoms with E-state index >= 15 is 0 Å². The second kappa shape index (κ2) is 7.97. The lowest BCUT2D eigenvalue weighted by Crippen LogP contribution is -2.47. The van der Waals surface area contributed by atoms with Crippen molar-refractivity contribution in [1.82, 2.24) is 9.80 Å². The van der Waals surface area contributed by atoms with Crippen molar-refractivity contribution < 1.29 is 4.74 Å². The van der Waals surface area contributed by atoms with Crippen LogP contribution in [0, 0.1) is 6.07 Å². The monoisotopic (exact) mass is 295 g/mol. The van der Waals surface area contributed by atoms with Crippen LogP contribution in [0.3, 0.4) is 0 Å². The molecule has 1 fully saturated rings.